The van der Waals surface area contributed by atoms with Crippen LogP contribution in [0, 0.1) is 0 Å². The highest BCUT2D eigenvalue weighted by molar-refractivity contribution is 8.18. The molecule has 0 bridgehead atoms. The lowest BCUT2D eigenvalue weighted by Gasteiger charge is -2.12. The van der Waals surface area contributed by atoms with E-state index < -0.39 is 0 Å². The summed E-state index contributed by atoms with van der Waals surface area (Å²) in [6.45, 7) is 0.455. The Bertz CT molecular complexity index is 814. The molecule has 0 aliphatic carbocycles. The molecule has 0 unspecified atom stereocenters. The van der Waals surface area contributed by atoms with Gasteiger partial charge < -0.3 is 4.90 Å². The Morgan fingerprint density at radius 1 is 1.00 bits per heavy atom. The van der Waals surface area contributed by atoms with Gasteiger partial charge in [-0.15, -0.1) is 0 Å². The molecule has 1 fully saturated rings. The molecule has 2 amide bonds. The third-order valence-corrected chi connectivity index (χ3v) is 5.18. The van der Waals surface area contributed by atoms with Gasteiger partial charge in [0.25, 0.3) is 11.1 Å². The van der Waals surface area contributed by atoms with Crippen molar-refractivity contribution in [1.82, 2.24) is 4.90 Å². The molecule has 26 heavy (non-hydrogen) atoms. The number of aryl methyl sites for hydroxylation is 1. The van der Waals surface area contributed by atoms with Gasteiger partial charge >= 0.3 is 0 Å². The number of amides is 2. The first-order valence-electron chi connectivity index (χ1n) is 8.61. The van der Waals surface area contributed by atoms with Gasteiger partial charge in [-0.25, -0.2) is 0 Å². The Kier molecular flexibility index (Phi) is 5.78. The fourth-order valence-corrected chi connectivity index (χ4v) is 3.66. The van der Waals surface area contributed by atoms with Crippen LogP contribution in [0.3, 0.4) is 0 Å². The van der Waals surface area contributed by atoms with E-state index in [0.717, 1.165) is 35.9 Å². The number of benzene rings is 2. The lowest BCUT2D eigenvalue weighted by molar-refractivity contribution is -0.122. The van der Waals surface area contributed by atoms with Gasteiger partial charge in [0, 0.05) is 26.3 Å². The number of imide groups is 1. The number of hydrogen-bond acceptors (Lipinski definition) is 4. The van der Waals surface area contributed by atoms with E-state index >= 15 is 0 Å². The number of rotatable bonds is 6. The topological polar surface area (TPSA) is 40.6 Å². The SMILES string of the molecule is CN(C)c1ccc(/C=C2\SC(=O)N(CCCc3ccccc3)C2=O)cc1. The van der Waals surface area contributed by atoms with Crippen LogP contribution in [-0.4, -0.2) is 36.7 Å². The number of thioether (sulfide) groups is 1. The summed E-state index contributed by atoms with van der Waals surface area (Å²) < 4.78 is 0. The first-order valence-corrected chi connectivity index (χ1v) is 9.43. The van der Waals surface area contributed by atoms with Gasteiger partial charge in [-0.05, 0) is 53.9 Å². The summed E-state index contributed by atoms with van der Waals surface area (Å²) in [5, 5.41) is -0.181. The Balaban J connectivity index is 1.62. The summed E-state index contributed by atoms with van der Waals surface area (Å²) in [5.74, 6) is -0.190. The van der Waals surface area contributed by atoms with Gasteiger partial charge in [0.1, 0.15) is 0 Å². The van der Waals surface area contributed by atoms with Crippen LogP contribution in [0.15, 0.2) is 59.5 Å². The fourth-order valence-electron chi connectivity index (χ4n) is 2.80. The van der Waals surface area contributed by atoms with Gasteiger partial charge in [0.2, 0.25) is 0 Å². The summed E-state index contributed by atoms with van der Waals surface area (Å²) in [4.78, 5) is 28.6. The fraction of sp³-hybridized carbons (Fsp3) is 0.238. The van der Waals surface area contributed by atoms with Crippen molar-refractivity contribution in [2.75, 3.05) is 25.5 Å². The molecule has 1 heterocycles. The lowest BCUT2D eigenvalue weighted by atomic mass is 10.1. The summed E-state index contributed by atoms with van der Waals surface area (Å²) in [7, 11) is 3.96. The number of anilines is 1. The average molecular weight is 366 g/mol. The largest absolute Gasteiger partial charge is 0.378 e. The van der Waals surface area contributed by atoms with Crippen molar-refractivity contribution in [3.8, 4) is 0 Å². The highest BCUT2D eigenvalue weighted by Crippen LogP contribution is 2.32. The Labute approximate surface area is 158 Å². The maximum atomic E-state index is 12.5. The van der Waals surface area contributed by atoms with Crippen molar-refractivity contribution in [1.29, 1.82) is 0 Å². The molecule has 1 aliphatic heterocycles. The van der Waals surface area contributed by atoms with E-state index in [9.17, 15) is 9.59 Å². The second kappa shape index (κ2) is 8.23. The zero-order valence-corrected chi connectivity index (χ0v) is 15.8. The van der Waals surface area contributed by atoms with E-state index in [2.05, 4.69) is 12.1 Å². The van der Waals surface area contributed by atoms with Crippen molar-refractivity contribution in [2.24, 2.45) is 0 Å². The first-order chi connectivity index (χ1) is 12.5. The van der Waals surface area contributed by atoms with E-state index in [1.165, 1.54) is 10.5 Å². The van der Waals surface area contributed by atoms with E-state index in [-0.39, 0.29) is 11.1 Å². The summed E-state index contributed by atoms with van der Waals surface area (Å²) in [6, 6.07) is 18.0. The molecule has 4 nitrogen and oxygen atoms in total. The van der Waals surface area contributed by atoms with Crippen LogP contribution in [0.1, 0.15) is 17.5 Å². The van der Waals surface area contributed by atoms with Gasteiger partial charge in [0.15, 0.2) is 0 Å². The van der Waals surface area contributed by atoms with E-state index in [4.69, 9.17) is 0 Å². The molecule has 2 aromatic carbocycles. The summed E-state index contributed by atoms with van der Waals surface area (Å²) in [6.07, 6.45) is 3.42. The maximum Gasteiger partial charge on any atom is 0.293 e. The lowest BCUT2D eigenvalue weighted by Crippen LogP contribution is -2.29. The van der Waals surface area contributed by atoms with Crippen molar-refractivity contribution >= 4 is 34.7 Å². The number of carbonyl (C=O) groups excluding carboxylic acids is 2. The Hall–Kier alpha value is -2.53. The van der Waals surface area contributed by atoms with Crippen molar-refractivity contribution in [3.63, 3.8) is 0 Å². The third kappa shape index (κ3) is 4.35. The number of hydrogen-bond donors (Lipinski definition) is 0. The normalized spacial score (nSPS) is 15.8. The standard InChI is InChI=1S/C21H22N2O2S/c1-22(2)18-12-10-17(11-13-18)15-19-20(24)23(21(25)26-19)14-6-9-16-7-4-3-5-8-16/h3-5,7-8,10-13,15H,6,9,14H2,1-2H3/b19-15-. The molecule has 0 radical (unpaired) electrons. The molecule has 3 rings (SSSR count). The van der Waals surface area contributed by atoms with Gasteiger partial charge in [-0.2, -0.15) is 0 Å². The van der Waals surface area contributed by atoms with E-state index in [0.29, 0.717) is 11.4 Å². The molecule has 134 valence electrons. The minimum Gasteiger partial charge on any atom is -0.378 e. The second-order valence-corrected chi connectivity index (χ2v) is 7.40. The predicted octanol–water partition coefficient (Wildman–Crippen LogP) is 4.42. The van der Waals surface area contributed by atoms with Gasteiger partial charge in [0.05, 0.1) is 4.91 Å². The van der Waals surface area contributed by atoms with Crippen LogP contribution in [0.2, 0.25) is 0 Å². The zero-order chi connectivity index (χ0) is 18.5. The molecular weight excluding hydrogens is 344 g/mol. The Morgan fingerprint density at radius 2 is 1.69 bits per heavy atom. The monoisotopic (exact) mass is 366 g/mol. The van der Waals surface area contributed by atoms with E-state index in [1.54, 1.807) is 6.08 Å². The molecule has 0 atom stereocenters. The molecule has 0 spiro atoms. The van der Waals surface area contributed by atoms with Crippen molar-refractivity contribution in [3.05, 3.63) is 70.6 Å². The maximum absolute atomic E-state index is 12.5. The quantitative estimate of drug-likeness (QED) is 0.710. The summed E-state index contributed by atoms with van der Waals surface area (Å²) >= 11 is 1.02. The second-order valence-electron chi connectivity index (χ2n) is 6.41. The number of carbonyl (C=O) groups is 2. The van der Waals surface area contributed by atoms with E-state index in [1.807, 2.05) is 61.5 Å². The van der Waals surface area contributed by atoms with Crippen LogP contribution in [0.25, 0.3) is 6.08 Å². The summed E-state index contributed by atoms with van der Waals surface area (Å²) in [5.41, 5.74) is 3.23. The molecule has 0 aromatic heterocycles. The van der Waals surface area contributed by atoms with Gasteiger partial charge in [-0.3, -0.25) is 14.5 Å². The van der Waals surface area contributed by atoms with Crippen LogP contribution in [-0.2, 0) is 11.2 Å². The molecule has 2 aromatic rings. The molecular formula is C21H22N2O2S. The predicted molar refractivity (Wildman–Crippen MR) is 108 cm³/mol. The molecule has 0 N–H and O–H groups in total. The van der Waals surface area contributed by atoms with Crippen LogP contribution in [0.5, 0.6) is 0 Å². The highest BCUT2D eigenvalue weighted by Gasteiger charge is 2.34. The molecule has 0 saturated carbocycles. The number of nitrogens with zero attached hydrogens (tertiary/aromatic N) is 2. The van der Waals surface area contributed by atoms with Crippen molar-refractivity contribution in [2.45, 2.75) is 12.8 Å². The van der Waals surface area contributed by atoms with Crippen molar-refractivity contribution < 1.29 is 9.59 Å². The average Bonchev–Trinajstić information content (AvgIpc) is 2.90. The minimum absolute atomic E-state index is 0.181. The van der Waals surface area contributed by atoms with Crippen LogP contribution < -0.4 is 4.90 Å². The first kappa shape index (κ1) is 18.3. The minimum atomic E-state index is -0.190. The zero-order valence-electron chi connectivity index (χ0n) is 15.0. The smallest absolute Gasteiger partial charge is 0.293 e. The van der Waals surface area contributed by atoms with Gasteiger partial charge in [-0.1, -0.05) is 42.5 Å². The molecule has 1 saturated heterocycles. The highest BCUT2D eigenvalue weighted by atomic mass is 32.2. The van der Waals surface area contributed by atoms with Crippen LogP contribution in [0.4, 0.5) is 10.5 Å². The van der Waals surface area contributed by atoms with Crippen LogP contribution >= 0.6 is 11.8 Å². The molecule has 1 aliphatic rings. The molecule has 5 heteroatoms. The Morgan fingerprint density at radius 3 is 2.35 bits per heavy atom. The third-order valence-electron chi connectivity index (χ3n) is 4.27.